The fourth-order valence-electron chi connectivity index (χ4n) is 4.99. The molecule has 0 amide bonds. The van der Waals surface area contributed by atoms with E-state index in [0.29, 0.717) is 59.8 Å². The number of nitrogens with two attached hydrogens (primary N) is 1. The Bertz CT molecular complexity index is 2000. The molecule has 2 aromatic carbocycles. The van der Waals surface area contributed by atoms with Crippen molar-refractivity contribution in [2.45, 2.75) is 6.92 Å². The van der Waals surface area contributed by atoms with Crippen molar-refractivity contribution in [1.82, 2.24) is 19.7 Å². The molecule has 0 saturated carbocycles. The molecule has 12 nitrogen and oxygen atoms in total. The van der Waals surface area contributed by atoms with Gasteiger partial charge in [-0.3, -0.25) is 9.52 Å². The number of fused-ring (bicyclic) bond motifs is 1. The maximum Gasteiger partial charge on any atom is 0.229 e. The number of nitrogens with zero attached hydrogens (tertiary/aromatic N) is 4. The molecule has 0 bridgehead atoms. The fraction of sp³-hybridized carbons (Fsp3) is 0.207. The van der Waals surface area contributed by atoms with Crippen LogP contribution in [0.1, 0.15) is 21.6 Å². The number of morpholine rings is 1. The number of benzene rings is 2. The van der Waals surface area contributed by atoms with Crippen molar-refractivity contribution < 1.29 is 31.5 Å². The van der Waals surface area contributed by atoms with Gasteiger partial charge in [0.1, 0.15) is 5.82 Å². The van der Waals surface area contributed by atoms with Gasteiger partial charge in [0.25, 0.3) is 0 Å². The summed E-state index contributed by atoms with van der Waals surface area (Å²) in [6, 6.07) is 9.98. The van der Waals surface area contributed by atoms with Gasteiger partial charge in [-0.25, -0.2) is 26.9 Å². The highest BCUT2D eigenvalue weighted by molar-refractivity contribution is 7.92. The van der Waals surface area contributed by atoms with Crippen molar-refractivity contribution in [3.05, 3.63) is 83.3 Å². The minimum absolute atomic E-state index is 0.0424. The first-order valence-corrected chi connectivity index (χ1v) is 15.3. The number of aryl methyl sites for hydroxylation is 1. The standard InChI is InChI=1S/C29H27F2N7O5S/c1-16-10-26(43-28-19(30)4-3-5-20(28)31)33-15-25(16)38-29(32)18(14-34-38)27(39)23-11-17-12-24(37-6-8-42-9-7-37)22(13-21(17)35-23)36-44(2,40)41/h3-5,10-15,35-36H,6-9,32H2,1-2H3. The van der Waals surface area contributed by atoms with Crippen LogP contribution in [0.25, 0.3) is 16.6 Å². The molecule has 15 heteroatoms. The Morgan fingerprint density at radius 3 is 2.50 bits per heavy atom. The Labute approximate surface area is 250 Å². The van der Waals surface area contributed by atoms with Crippen LogP contribution >= 0.6 is 0 Å². The smallest absolute Gasteiger partial charge is 0.229 e. The largest absolute Gasteiger partial charge is 0.433 e. The molecular weight excluding hydrogens is 596 g/mol. The number of aromatic amines is 1. The molecule has 1 saturated heterocycles. The number of ketones is 1. The SMILES string of the molecule is Cc1cc(Oc2c(F)cccc2F)ncc1-n1ncc(C(=O)c2cc3cc(N4CCOCC4)c(NS(C)(=O)=O)cc3[nH]2)c1N. The third-order valence-corrected chi connectivity index (χ3v) is 7.68. The number of ether oxygens (including phenoxy) is 2. The van der Waals surface area contributed by atoms with E-state index >= 15 is 0 Å². The highest BCUT2D eigenvalue weighted by Crippen LogP contribution is 2.34. The molecule has 0 spiro atoms. The second-order valence-electron chi connectivity index (χ2n) is 10.3. The van der Waals surface area contributed by atoms with Gasteiger partial charge in [-0.05, 0) is 42.8 Å². The van der Waals surface area contributed by atoms with E-state index in [-0.39, 0.29) is 23.0 Å². The maximum atomic E-state index is 14.0. The molecule has 4 N–H and O–H groups in total. The molecule has 1 aliphatic rings. The highest BCUT2D eigenvalue weighted by Gasteiger charge is 2.23. The van der Waals surface area contributed by atoms with E-state index in [2.05, 4.69) is 19.8 Å². The number of pyridine rings is 1. The minimum atomic E-state index is -3.58. The minimum Gasteiger partial charge on any atom is -0.433 e. The van der Waals surface area contributed by atoms with E-state index in [9.17, 15) is 22.0 Å². The first-order valence-electron chi connectivity index (χ1n) is 13.4. The number of nitrogen functional groups attached to an aromatic ring is 1. The monoisotopic (exact) mass is 623 g/mol. The summed E-state index contributed by atoms with van der Waals surface area (Å²) in [6.45, 7) is 3.88. The van der Waals surface area contributed by atoms with Gasteiger partial charge in [0.2, 0.25) is 27.4 Å². The van der Waals surface area contributed by atoms with Crippen LogP contribution < -0.4 is 20.1 Å². The summed E-state index contributed by atoms with van der Waals surface area (Å²) < 4.78 is 66.9. The summed E-state index contributed by atoms with van der Waals surface area (Å²) in [5.41, 5.74) is 9.29. The average Bonchev–Trinajstić information content (AvgIpc) is 3.57. The van der Waals surface area contributed by atoms with E-state index < -0.39 is 33.2 Å². The number of carbonyl (C=O) groups is 1. The zero-order chi connectivity index (χ0) is 31.2. The second kappa shape index (κ2) is 11.2. The molecule has 4 heterocycles. The maximum absolute atomic E-state index is 14.0. The molecule has 0 aliphatic carbocycles. The zero-order valence-electron chi connectivity index (χ0n) is 23.6. The van der Waals surface area contributed by atoms with Crippen molar-refractivity contribution in [2.24, 2.45) is 0 Å². The summed E-state index contributed by atoms with van der Waals surface area (Å²) in [4.78, 5) is 22.8. The van der Waals surface area contributed by atoms with Crippen LogP contribution in [0.15, 0.2) is 54.9 Å². The van der Waals surface area contributed by atoms with Crippen molar-refractivity contribution >= 4 is 43.9 Å². The Hall–Kier alpha value is -5.02. The lowest BCUT2D eigenvalue weighted by molar-refractivity contribution is 0.103. The van der Waals surface area contributed by atoms with Gasteiger partial charge in [-0.2, -0.15) is 5.10 Å². The van der Waals surface area contributed by atoms with Crippen LogP contribution in [-0.4, -0.2) is 66.5 Å². The number of nitrogens with one attached hydrogen (secondary N) is 2. The first kappa shape index (κ1) is 29.1. The number of rotatable bonds is 8. The Balaban J connectivity index is 1.30. The topological polar surface area (TPSA) is 157 Å². The third kappa shape index (κ3) is 5.66. The predicted octanol–water partition coefficient (Wildman–Crippen LogP) is 4.15. The number of sulfonamides is 1. The summed E-state index contributed by atoms with van der Waals surface area (Å²) in [5.74, 6) is -2.75. The first-order chi connectivity index (χ1) is 21.0. The van der Waals surface area contributed by atoms with E-state index in [1.165, 1.54) is 29.2 Å². The van der Waals surface area contributed by atoms with Crippen molar-refractivity contribution in [1.29, 1.82) is 0 Å². The molecule has 1 aliphatic heterocycles. The number of carbonyl (C=O) groups excluding carboxylic acids is 1. The Morgan fingerprint density at radius 2 is 1.82 bits per heavy atom. The summed E-state index contributed by atoms with van der Waals surface area (Å²) in [6.07, 6.45) is 3.77. The molecular formula is C29H27F2N7O5S. The van der Waals surface area contributed by atoms with Crippen LogP contribution in [0.5, 0.6) is 11.6 Å². The zero-order valence-corrected chi connectivity index (χ0v) is 24.4. The van der Waals surface area contributed by atoms with Gasteiger partial charge in [-0.15, -0.1) is 0 Å². The van der Waals surface area contributed by atoms with E-state index in [1.807, 2.05) is 11.0 Å². The van der Waals surface area contributed by atoms with Crippen LogP contribution in [0.2, 0.25) is 0 Å². The summed E-state index contributed by atoms with van der Waals surface area (Å²) in [7, 11) is -3.58. The fourth-order valence-corrected chi connectivity index (χ4v) is 5.56. The number of H-pyrrole nitrogens is 1. The molecule has 6 rings (SSSR count). The van der Waals surface area contributed by atoms with Gasteiger partial charge in [-0.1, -0.05) is 6.07 Å². The van der Waals surface area contributed by atoms with Gasteiger partial charge in [0, 0.05) is 30.1 Å². The van der Waals surface area contributed by atoms with Crippen LogP contribution in [0.3, 0.4) is 0 Å². The molecule has 0 atom stereocenters. The second-order valence-corrected chi connectivity index (χ2v) is 12.0. The lowest BCUT2D eigenvalue weighted by atomic mass is 10.1. The normalized spacial score (nSPS) is 13.8. The van der Waals surface area contributed by atoms with Gasteiger partial charge < -0.3 is 25.1 Å². The number of para-hydroxylation sites is 1. The number of hydrogen-bond donors (Lipinski definition) is 3. The van der Waals surface area contributed by atoms with Crippen molar-refractivity contribution in [3.8, 4) is 17.3 Å². The van der Waals surface area contributed by atoms with Crippen molar-refractivity contribution in [2.75, 3.05) is 47.9 Å². The van der Waals surface area contributed by atoms with Crippen LogP contribution in [0.4, 0.5) is 26.0 Å². The third-order valence-electron chi connectivity index (χ3n) is 7.09. The van der Waals surface area contributed by atoms with Crippen LogP contribution in [-0.2, 0) is 14.8 Å². The van der Waals surface area contributed by atoms with E-state index in [0.717, 1.165) is 18.4 Å². The predicted molar refractivity (Wildman–Crippen MR) is 160 cm³/mol. The van der Waals surface area contributed by atoms with Gasteiger partial charge >= 0.3 is 0 Å². The van der Waals surface area contributed by atoms with E-state index in [4.69, 9.17) is 15.2 Å². The molecule has 228 valence electrons. The van der Waals surface area contributed by atoms with Crippen molar-refractivity contribution in [3.63, 3.8) is 0 Å². The molecule has 0 unspecified atom stereocenters. The molecule has 1 fully saturated rings. The molecule has 3 aromatic heterocycles. The highest BCUT2D eigenvalue weighted by atomic mass is 32.2. The number of hydrogen-bond acceptors (Lipinski definition) is 9. The number of halogens is 2. The molecule has 0 radical (unpaired) electrons. The van der Waals surface area contributed by atoms with Crippen LogP contribution in [0, 0.1) is 18.6 Å². The summed E-state index contributed by atoms with van der Waals surface area (Å²) in [5, 5.41) is 4.98. The molecule has 5 aromatic rings. The average molecular weight is 624 g/mol. The Morgan fingerprint density at radius 1 is 1.09 bits per heavy atom. The van der Waals surface area contributed by atoms with E-state index in [1.54, 1.807) is 19.1 Å². The quantitative estimate of drug-likeness (QED) is 0.216. The summed E-state index contributed by atoms with van der Waals surface area (Å²) >= 11 is 0. The number of anilines is 3. The number of aromatic nitrogens is 4. The molecule has 44 heavy (non-hydrogen) atoms. The van der Waals surface area contributed by atoms with Gasteiger partial charge in [0.15, 0.2) is 11.6 Å². The lowest BCUT2D eigenvalue weighted by Gasteiger charge is -2.30. The van der Waals surface area contributed by atoms with Gasteiger partial charge in [0.05, 0.1) is 60.2 Å². The Kier molecular flexibility index (Phi) is 7.43. The lowest BCUT2D eigenvalue weighted by Crippen LogP contribution is -2.36.